The van der Waals surface area contributed by atoms with Crippen molar-refractivity contribution >= 4 is 29.8 Å². The van der Waals surface area contributed by atoms with Crippen LogP contribution in [0.2, 0.25) is 0 Å². The number of halogens is 1. The largest absolute Gasteiger partial charge is 0.332 e. The molecule has 6 heteroatoms. The fourth-order valence-electron chi connectivity index (χ4n) is 2.66. The highest BCUT2D eigenvalue weighted by atomic mass is 35.5. The van der Waals surface area contributed by atoms with Gasteiger partial charge in [-0.05, 0) is 24.6 Å². The first-order chi connectivity index (χ1) is 12.7. The Morgan fingerprint density at radius 2 is 1.69 bits per heavy atom. The van der Waals surface area contributed by atoms with E-state index in [4.69, 9.17) is 16.6 Å². The molecule has 0 saturated carbocycles. The molecule has 145 valence electrons. The summed E-state index contributed by atoms with van der Waals surface area (Å²) in [6.45, 7) is 2.73. The Bertz CT molecular complexity index is 526. The van der Waals surface area contributed by atoms with Crippen molar-refractivity contribution in [2.45, 2.75) is 71.1 Å². The van der Waals surface area contributed by atoms with Gasteiger partial charge in [0, 0.05) is 17.3 Å². The molecule has 1 rings (SSSR count). The van der Waals surface area contributed by atoms with Crippen LogP contribution in [-0.2, 0) is 9.63 Å². The summed E-state index contributed by atoms with van der Waals surface area (Å²) in [4.78, 5) is 27.7. The lowest BCUT2D eigenvalue weighted by Gasteiger charge is -2.09. The number of hydrogen-bond acceptors (Lipinski definition) is 3. The first kappa shape index (κ1) is 22.5. The molecule has 1 N–H and O–H groups in total. The first-order valence-corrected chi connectivity index (χ1v) is 9.88. The Balaban J connectivity index is 2.06. The number of amides is 2. The van der Waals surface area contributed by atoms with Crippen molar-refractivity contribution in [3.05, 3.63) is 29.8 Å². The highest BCUT2D eigenvalue weighted by Crippen LogP contribution is 2.16. The van der Waals surface area contributed by atoms with Crippen molar-refractivity contribution in [3.63, 3.8) is 0 Å². The minimum absolute atomic E-state index is 0.366. The van der Waals surface area contributed by atoms with Gasteiger partial charge in [0.1, 0.15) is 0 Å². The summed E-state index contributed by atoms with van der Waals surface area (Å²) in [6.07, 6.45) is 14.1. The molecule has 0 spiro atoms. The third kappa shape index (κ3) is 9.78. The molecule has 0 unspecified atom stereocenters. The number of benzene rings is 1. The van der Waals surface area contributed by atoms with E-state index in [0.717, 1.165) is 17.3 Å². The van der Waals surface area contributed by atoms with E-state index >= 15 is 0 Å². The molecule has 0 aliphatic rings. The SMILES string of the molecule is CCCCCCCCCCCCONC(=O)c1cccc(N(Cl)[C]=O)c1. The summed E-state index contributed by atoms with van der Waals surface area (Å²) in [5.41, 5.74) is 3.16. The molecule has 0 bridgehead atoms. The molecular formula is C20H30ClN2O3. The molecule has 0 atom stereocenters. The first-order valence-electron chi connectivity index (χ1n) is 9.55. The van der Waals surface area contributed by atoms with Crippen molar-refractivity contribution in [3.8, 4) is 0 Å². The van der Waals surface area contributed by atoms with E-state index < -0.39 is 0 Å². The molecule has 2 amide bonds. The van der Waals surface area contributed by atoms with Gasteiger partial charge in [-0.15, -0.1) is 0 Å². The predicted molar refractivity (Wildman–Crippen MR) is 106 cm³/mol. The van der Waals surface area contributed by atoms with Gasteiger partial charge in [-0.3, -0.25) is 14.4 Å². The van der Waals surface area contributed by atoms with Crippen molar-refractivity contribution in [1.29, 1.82) is 0 Å². The Morgan fingerprint density at radius 3 is 2.31 bits per heavy atom. The van der Waals surface area contributed by atoms with Crippen LogP contribution in [0.4, 0.5) is 5.69 Å². The van der Waals surface area contributed by atoms with E-state index in [1.54, 1.807) is 18.2 Å². The molecule has 5 nitrogen and oxygen atoms in total. The second kappa shape index (κ2) is 14.6. The number of carbonyl (C=O) groups excluding carboxylic acids is 2. The van der Waals surface area contributed by atoms with Crippen molar-refractivity contribution in [2.75, 3.05) is 11.0 Å². The molecule has 26 heavy (non-hydrogen) atoms. The number of rotatable bonds is 15. The number of unbranched alkanes of at least 4 members (excludes halogenated alkanes) is 9. The van der Waals surface area contributed by atoms with Crippen LogP contribution in [0.1, 0.15) is 81.5 Å². The van der Waals surface area contributed by atoms with Gasteiger partial charge in [-0.1, -0.05) is 70.8 Å². The normalized spacial score (nSPS) is 10.5. The van der Waals surface area contributed by atoms with Crippen LogP contribution >= 0.6 is 11.8 Å². The fourth-order valence-corrected chi connectivity index (χ4v) is 2.76. The Kier molecular flexibility index (Phi) is 12.6. The number of hydroxylamine groups is 1. The summed E-state index contributed by atoms with van der Waals surface area (Å²) in [6, 6.07) is 6.37. The second-order valence-electron chi connectivity index (χ2n) is 6.38. The average Bonchev–Trinajstić information content (AvgIpc) is 2.68. The number of nitrogens with zero attached hydrogens (tertiary/aromatic N) is 1. The van der Waals surface area contributed by atoms with Gasteiger partial charge in [-0.2, -0.15) is 0 Å². The van der Waals surface area contributed by atoms with Crippen LogP contribution in [0.3, 0.4) is 0 Å². The molecule has 1 aromatic rings. The summed E-state index contributed by atoms with van der Waals surface area (Å²) >= 11 is 5.64. The second-order valence-corrected chi connectivity index (χ2v) is 6.72. The number of nitrogens with one attached hydrogen (secondary N) is 1. The molecule has 0 aromatic heterocycles. The number of carbonyl (C=O) groups is 1. The Hall–Kier alpha value is -1.59. The van der Waals surface area contributed by atoms with Gasteiger partial charge in [0.05, 0.1) is 12.3 Å². The van der Waals surface area contributed by atoms with Gasteiger partial charge < -0.3 is 0 Å². The molecule has 0 aliphatic carbocycles. The highest BCUT2D eigenvalue weighted by molar-refractivity contribution is 6.33. The van der Waals surface area contributed by atoms with E-state index in [1.807, 2.05) is 0 Å². The minimum Gasteiger partial charge on any atom is -0.273 e. The molecule has 0 saturated heterocycles. The topological polar surface area (TPSA) is 58.6 Å². The molecule has 0 fully saturated rings. The predicted octanol–water partition coefficient (Wildman–Crippen LogP) is 5.30. The molecule has 0 heterocycles. The van der Waals surface area contributed by atoms with E-state index in [1.165, 1.54) is 63.8 Å². The van der Waals surface area contributed by atoms with E-state index in [2.05, 4.69) is 12.4 Å². The lowest BCUT2D eigenvalue weighted by Crippen LogP contribution is -2.24. The van der Waals surface area contributed by atoms with Crippen molar-refractivity contribution in [1.82, 2.24) is 5.48 Å². The van der Waals surface area contributed by atoms with Crippen LogP contribution < -0.4 is 9.90 Å². The van der Waals surface area contributed by atoms with Gasteiger partial charge in [0.2, 0.25) is 0 Å². The van der Waals surface area contributed by atoms with Crippen molar-refractivity contribution < 1.29 is 14.4 Å². The summed E-state index contributed by atoms with van der Waals surface area (Å²) in [5.74, 6) is -0.366. The standard InChI is InChI=1S/C20H30ClN2O3/c1-2-3-4-5-6-7-8-9-10-11-15-26-22-20(25)18-13-12-14-19(16-18)23(21)17-24/h12-14,16H,2-11,15H2,1H3,(H,22,25). The lowest BCUT2D eigenvalue weighted by molar-refractivity contribution is 0.0297. The Labute approximate surface area is 162 Å². The zero-order chi connectivity index (χ0) is 19.0. The molecule has 1 radical (unpaired) electrons. The average molecular weight is 382 g/mol. The molecule has 0 aliphatic heterocycles. The third-order valence-corrected chi connectivity index (χ3v) is 4.44. The quantitative estimate of drug-likeness (QED) is 0.194. The maximum Gasteiger partial charge on any atom is 0.332 e. The Morgan fingerprint density at radius 1 is 1.08 bits per heavy atom. The fraction of sp³-hybridized carbons (Fsp3) is 0.600. The molecular weight excluding hydrogens is 352 g/mol. The highest BCUT2D eigenvalue weighted by Gasteiger charge is 2.09. The lowest BCUT2D eigenvalue weighted by atomic mass is 10.1. The zero-order valence-corrected chi connectivity index (χ0v) is 16.4. The van der Waals surface area contributed by atoms with E-state index in [0.29, 0.717) is 17.9 Å². The van der Waals surface area contributed by atoms with Crippen LogP contribution in [0.25, 0.3) is 0 Å². The molecule has 1 aromatic carbocycles. The smallest absolute Gasteiger partial charge is 0.273 e. The van der Waals surface area contributed by atoms with Crippen LogP contribution in [0.5, 0.6) is 0 Å². The van der Waals surface area contributed by atoms with Gasteiger partial charge in [-0.25, -0.2) is 9.90 Å². The van der Waals surface area contributed by atoms with Crippen LogP contribution in [0, 0.1) is 0 Å². The maximum absolute atomic E-state index is 12.0. The van der Waals surface area contributed by atoms with Gasteiger partial charge in [0.25, 0.3) is 5.91 Å². The zero-order valence-electron chi connectivity index (χ0n) is 15.6. The van der Waals surface area contributed by atoms with Gasteiger partial charge >= 0.3 is 6.41 Å². The van der Waals surface area contributed by atoms with Crippen molar-refractivity contribution in [2.24, 2.45) is 0 Å². The number of anilines is 1. The monoisotopic (exact) mass is 381 g/mol. The third-order valence-electron chi connectivity index (χ3n) is 4.18. The van der Waals surface area contributed by atoms with E-state index in [-0.39, 0.29) is 5.91 Å². The van der Waals surface area contributed by atoms with Crippen LogP contribution in [0.15, 0.2) is 24.3 Å². The van der Waals surface area contributed by atoms with Crippen LogP contribution in [-0.4, -0.2) is 18.9 Å². The maximum atomic E-state index is 12.0. The summed E-state index contributed by atoms with van der Waals surface area (Å²) < 4.78 is 0.765. The number of hydrogen-bond donors (Lipinski definition) is 1. The summed E-state index contributed by atoms with van der Waals surface area (Å²) in [7, 11) is 0. The summed E-state index contributed by atoms with van der Waals surface area (Å²) in [5, 5.41) is 0. The minimum atomic E-state index is -0.366. The van der Waals surface area contributed by atoms with E-state index in [9.17, 15) is 9.59 Å². The van der Waals surface area contributed by atoms with Gasteiger partial charge in [0.15, 0.2) is 0 Å².